The van der Waals surface area contributed by atoms with Gasteiger partial charge in [0.05, 0.1) is 10.9 Å². The molecule has 0 saturated heterocycles. The van der Waals surface area contributed by atoms with E-state index >= 15 is 0 Å². The van der Waals surface area contributed by atoms with Crippen LogP contribution in [0.3, 0.4) is 0 Å². The average molecular weight is 486 g/mol. The maximum absolute atomic E-state index is 14.3. The van der Waals surface area contributed by atoms with Crippen LogP contribution in [0.4, 0.5) is 4.39 Å². The molecule has 0 radical (unpaired) electrons. The van der Waals surface area contributed by atoms with Gasteiger partial charge < -0.3 is 14.9 Å². The number of amides is 1. The summed E-state index contributed by atoms with van der Waals surface area (Å²) in [5.41, 5.74) is 8.74. The average Bonchev–Trinajstić information content (AvgIpc) is 3.20. The van der Waals surface area contributed by atoms with E-state index in [0.29, 0.717) is 27.9 Å². The van der Waals surface area contributed by atoms with Crippen LogP contribution >= 0.6 is 0 Å². The van der Waals surface area contributed by atoms with Gasteiger partial charge in [-0.3, -0.25) is 14.3 Å². The standard InChI is InChI=1S/C28H24FN3O4/c1-14-10-19(16(3)35-23-7-5-6-21(29)24(23)28(30)34)27-20(11-14)25(33)15(2)26(36-27)17-8-9-22-18(12-17)13-32(4)31-22/h5-13,16H,1-4H3,(H2,30,34)/t16-/m1/s1. The summed E-state index contributed by atoms with van der Waals surface area (Å²) in [5.74, 6) is -1.24. The van der Waals surface area contributed by atoms with Crippen LogP contribution in [0.2, 0.25) is 0 Å². The Morgan fingerprint density at radius 3 is 2.69 bits per heavy atom. The zero-order chi connectivity index (χ0) is 25.7. The first-order valence-electron chi connectivity index (χ1n) is 11.4. The van der Waals surface area contributed by atoms with Crippen LogP contribution in [0, 0.1) is 19.7 Å². The first-order valence-corrected chi connectivity index (χ1v) is 11.4. The van der Waals surface area contributed by atoms with Gasteiger partial charge in [0.1, 0.15) is 34.6 Å². The molecule has 0 aliphatic rings. The Bertz CT molecular complexity index is 1740. The Kier molecular flexibility index (Phi) is 5.59. The molecule has 0 aliphatic carbocycles. The molecule has 0 fully saturated rings. The minimum absolute atomic E-state index is 0.0152. The molecule has 0 bridgehead atoms. The van der Waals surface area contributed by atoms with E-state index in [2.05, 4.69) is 5.10 Å². The molecule has 0 aliphatic heterocycles. The maximum Gasteiger partial charge on any atom is 0.255 e. The fourth-order valence-electron chi connectivity index (χ4n) is 4.53. The maximum atomic E-state index is 14.3. The summed E-state index contributed by atoms with van der Waals surface area (Å²) < 4.78 is 28.4. The lowest BCUT2D eigenvalue weighted by molar-refractivity contribution is 0.0989. The lowest BCUT2D eigenvalue weighted by atomic mass is 9.99. The lowest BCUT2D eigenvalue weighted by Gasteiger charge is -2.19. The summed E-state index contributed by atoms with van der Waals surface area (Å²) in [5, 5.41) is 5.73. The van der Waals surface area contributed by atoms with E-state index in [-0.39, 0.29) is 16.7 Å². The number of rotatable bonds is 5. The van der Waals surface area contributed by atoms with Crippen molar-refractivity contribution in [2.45, 2.75) is 26.9 Å². The van der Waals surface area contributed by atoms with E-state index in [1.807, 2.05) is 44.4 Å². The molecule has 7 nitrogen and oxygen atoms in total. The Labute approximate surface area is 205 Å². The monoisotopic (exact) mass is 485 g/mol. The molecule has 0 unspecified atom stereocenters. The molecule has 1 atom stereocenters. The Hall–Kier alpha value is -4.46. The summed E-state index contributed by atoms with van der Waals surface area (Å²) in [4.78, 5) is 25.3. The van der Waals surface area contributed by atoms with Crippen LogP contribution in [0.5, 0.6) is 5.75 Å². The highest BCUT2D eigenvalue weighted by atomic mass is 19.1. The Balaban J connectivity index is 1.68. The third kappa shape index (κ3) is 3.90. The number of nitrogens with two attached hydrogens (primary N) is 1. The second-order valence-corrected chi connectivity index (χ2v) is 8.93. The predicted molar refractivity (Wildman–Crippen MR) is 136 cm³/mol. The van der Waals surface area contributed by atoms with Crippen molar-refractivity contribution in [3.63, 3.8) is 0 Å². The van der Waals surface area contributed by atoms with Gasteiger partial charge in [0.15, 0.2) is 5.43 Å². The molecule has 5 rings (SSSR count). The van der Waals surface area contributed by atoms with Gasteiger partial charge in [0.25, 0.3) is 5.91 Å². The summed E-state index contributed by atoms with van der Waals surface area (Å²) in [6.07, 6.45) is 1.21. The zero-order valence-corrected chi connectivity index (χ0v) is 20.3. The van der Waals surface area contributed by atoms with Crippen LogP contribution < -0.4 is 15.9 Å². The number of hydrogen-bond donors (Lipinski definition) is 1. The fraction of sp³-hybridized carbons (Fsp3) is 0.179. The number of aryl methyl sites for hydroxylation is 2. The number of aromatic nitrogens is 2. The van der Waals surface area contributed by atoms with Crippen molar-refractivity contribution in [3.05, 3.63) is 93.0 Å². The minimum Gasteiger partial charge on any atom is -0.485 e. The van der Waals surface area contributed by atoms with Gasteiger partial charge in [-0.25, -0.2) is 4.39 Å². The molecule has 5 aromatic rings. The highest BCUT2D eigenvalue weighted by Gasteiger charge is 2.22. The zero-order valence-electron chi connectivity index (χ0n) is 20.3. The van der Waals surface area contributed by atoms with Crippen molar-refractivity contribution < 1.29 is 18.3 Å². The van der Waals surface area contributed by atoms with Gasteiger partial charge in [0, 0.05) is 35.3 Å². The van der Waals surface area contributed by atoms with Crippen LogP contribution in [0.1, 0.15) is 40.1 Å². The van der Waals surface area contributed by atoms with Crippen LogP contribution in [0.25, 0.3) is 33.2 Å². The number of benzene rings is 3. The molecule has 1 amide bonds. The second kappa shape index (κ2) is 8.64. The summed E-state index contributed by atoms with van der Waals surface area (Å²) in [6, 6.07) is 13.4. The number of halogens is 1. The molecular weight excluding hydrogens is 461 g/mol. The SMILES string of the molecule is Cc1cc([C@@H](C)Oc2cccc(F)c2C(N)=O)c2oc(-c3ccc4nn(C)cc4c3)c(C)c(=O)c2c1. The summed E-state index contributed by atoms with van der Waals surface area (Å²) in [7, 11) is 1.85. The van der Waals surface area contributed by atoms with E-state index in [9.17, 15) is 14.0 Å². The van der Waals surface area contributed by atoms with Crippen molar-refractivity contribution in [3.8, 4) is 17.1 Å². The number of hydrogen-bond acceptors (Lipinski definition) is 5. The highest BCUT2D eigenvalue weighted by Crippen LogP contribution is 2.34. The number of carbonyl (C=O) groups excluding carboxylic acids is 1. The third-order valence-corrected chi connectivity index (χ3v) is 6.24. The third-order valence-electron chi connectivity index (χ3n) is 6.24. The molecule has 36 heavy (non-hydrogen) atoms. The van der Waals surface area contributed by atoms with Crippen molar-refractivity contribution in [1.82, 2.24) is 9.78 Å². The number of fused-ring (bicyclic) bond motifs is 2. The molecule has 0 saturated carbocycles. The van der Waals surface area contributed by atoms with Crippen molar-refractivity contribution in [2.75, 3.05) is 0 Å². The molecule has 3 aromatic carbocycles. The summed E-state index contributed by atoms with van der Waals surface area (Å²) in [6.45, 7) is 5.35. The van der Waals surface area contributed by atoms with E-state index in [0.717, 1.165) is 28.1 Å². The first kappa shape index (κ1) is 23.3. The van der Waals surface area contributed by atoms with Gasteiger partial charge in [-0.05, 0) is 68.8 Å². The smallest absolute Gasteiger partial charge is 0.255 e. The van der Waals surface area contributed by atoms with Crippen LogP contribution in [0.15, 0.2) is 63.9 Å². The normalized spacial score (nSPS) is 12.2. The van der Waals surface area contributed by atoms with E-state index in [4.69, 9.17) is 14.9 Å². The van der Waals surface area contributed by atoms with Gasteiger partial charge in [-0.15, -0.1) is 0 Å². The summed E-state index contributed by atoms with van der Waals surface area (Å²) >= 11 is 0. The first-order chi connectivity index (χ1) is 17.1. The quantitative estimate of drug-likeness (QED) is 0.362. The van der Waals surface area contributed by atoms with E-state index in [1.54, 1.807) is 24.6 Å². The number of nitrogens with zero attached hydrogens (tertiary/aromatic N) is 2. The van der Waals surface area contributed by atoms with E-state index < -0.39 is 17.8 Å². The fourth-order valence-corrected chi connectivity index (χ4v) is 4.53. The number of primary amides is 1. The number of carbonyl (C=O) groups is 1. The number of ether oxygens (including phenoxy) is 1. The highest BCUT2D eigenvalue weighted by molar-refractivity contribution is 5.96. The molecule has 2 aromatic heterocycles. The largest absolute Gasteiger partial charge is 0.485 e. The molecular formula is C28H24FN3O4. The lowest BCUT2D eigenvalue weighted by Crippen LogP contribution is -2.16. The predicted octanol–water partition coefficient (Wildman–Crippen LogP) is 5.34. The topological polar surface area (TPSA) is 100 Å². The molecule has 8 heteroatoms. The van der Waals surface area contributed by atoms with Gasteiger partial charge in [-0.2, -0.15) is 5.10 Å². The van der Waals surface area contributed by atoms with Crippen molar-refractivity contribution in [2.24, 2.45) is 12.8 Å². The van der Waals surface area contributed by atoms with Crippen molar-refractivity contribution >= 4 is 27.8 Å². The second-order valence-electron chi connectivity index (χ2n) is 8.93. The van der Waals surface area contributed by atoms with Crippen LogP contribution in [-0.2, 0) is 7.05 Å². The van der Waals surface area contributed by atoms with Gasteiger partial charge in [0.2, 0.25) is 0 Å². The Morgan fingerprint density at radius 1 is 1.17 bits per heavy atom. The molecule has 0 spiro atoms. The van der Waals surface area contributed by atoms with Crippen LogP contribution in [-0.4, -0.2) is 15.7 Å². The van der Waals surface area contributed by atoms with Gasteiger partial charge in [-0.1, -0.05) is 6.07 Å². The molecule has 2 N–H and O–H groups in total. The van der Waals surface area contributed by atoms with E-state index in [1.165, 1.54) is 12.1 Å². The molecule has 2 heterocycles. The minimum atomic E-state index is -0.931. The molecule has 182 valence electrons. The van der Waals surface area contributed by atoms with Gasteiger partial charge >= 0.3 is 0 Å². The van der Waals surface area contributed by atoms with Crippen molar-refractivity contribution in [1.29, 1.82) is 0 Å². The Morgan fingerprint density at radius 2 is 1.94 bits per heavy atom.